The third-order valence-electron chi connectivity index (χ3n) is 3.57. The molecule has 0 bridgehead atoms. The summed E-state index contributed by atoms with van der Waals surface area (Å²) in [7, 11) is 0. The highest BCUT2D eigenvalue weighted by atomic mass is 19.1. The van der Waals surface area contributed by atoms with Gasteiger partial charge in [-0.15, -0.1) is 0 Å². The van der Waals surface area contributed by atoms with E-state index in [1.165, 1.54) is 6.07 Å². The smallest absolute Gasteiger partial charge is 0.156 e. The Bertz CT molecular complexity index is 636. The minimum absolute atomic E-state index is 0.315. The first-order chi connectivity index (χ1) is 9.66. The van der Waals surface area contributed by atoms with Crippen molar-refractivity contribution in [1.82, 2.24) is 9.97 Å². The zero-order chi connectivity index (χ0) is 14.1. The summed E-state index contributed by atoms with van der Waals surface area (Å²) in [5, 5.41) is 0. The molecule has 1 aliphatic heterocycles. The number of nitrogens with two attached hydrogens (primary N) is 1. The molecule has 1 aliphatic rings. The van der Waals surface area contributed by atoms with Crippen molar-refractivity contribution < 1.29 is 4.39 Å². The summed E-state index contributed by atoms with van der Waals surface area (Å²) in [5.41, 5.74) is 7.57. The summed E-state index contributed by atoms with van der Waals surface area (Å²) in [6.45, 7) is 3.69. The number of hydrogen-bond donors (Lipinski definition) is 1. The molecule has 0 aliphatic carbocycles. The lowest BCUT2D eigenvalue weighted by molar-refractivity contribution is 0.630. The number of rotatable bonds is 2. The summed E-state index contributed by atoms with van der Waals surface area (Å²) < 4.78 is 14.0. The van der Waals surface area contributed by atoms with Gasteiger partial charge in [0.2, 0.25) is 0 Å². The molecule has 0 unspecified atom stereocenters. The molecule has 0 atom stereocenters. The van der Waals surface area contributed by atoms with Gasteiger partial charge in [-0.25, -0.2) is 14.4 Å². The molecule has 2 N–H and O–H groups in total. The Morgan fingerprint density at radius 2 is 1.85 bits per heavy atom. The monoisotopic (exact) mass is 272 g/mol. The molecule has 2 aromatic rings. The van der Waals surface area contributed by atoms with Gasteiger partial charge in [0.25, 0.3) is 0 Å². The summed E-state index contributed by atoms with van der Waals surface area (Å²) in [6.07, 6.45) is 2.27. The maximum absolute atomic E-state index is 14.0. The number of hydrogen-bond acceptors (Lipinski definition) is 4. The number of nitrogen functional groups attached to an aromatic ring is 1. The Morgan fingerprint density at radius 1 is 1.15 bits per heavy atom. The van der Waals surface area contributed by atoms with Gasteiger partial charge in [-0.2, -0.15) is 0 Å². The maximum Gasteiger partial charge on any atom is 0.156 e. The van der Waals surface area contributed by atoms with E-state index in [-0.39, 0.29) is 5.82 Å². The fourth-order valence-electron chi connectivity index (χ4n) is 2.59. The summed E-state index contributed by atoms with van der Waals surface area (Å²) in [5.74, 6) is 1.03. The average Bonchev–Trinajstić information content (AvgIpc) is 2.96. The van der Waals surface area contributed by atoms with Crippen molar-refractivity contribution in [1.29, 1.82) is 0 Å². The van der Waals surface area contributed by atoms with Gasteiger partial charge in [0, 0.05) is 18.7 Å². The lowest BCUT2D eigenvalue weighted by Gasteiger charge is -2.20. The van der Waals surface area contributed by atoms with Gasteiger partial charge in [0.05, 0.1) is 0 Å². The second-order valence-electron chi connectivity index (χ2n) is 5.03. The minimum Gasteiger partial charge on any atom is -0.394 e. The van der Waals surface area contributed by atoms with E-state index < -0.39 is 0 Å². The van der Waals surface area contributed by atoms with Crippen LogP contribution < -0.4 is 10.6 Å². The van der Waals surface area contributed by atoms with Gasteiger partial charge in [-0.05, 0) is 31.9 Å². The van der Waals surface area contributed by atoms with Crippen molar-refractivity contribution in [2.45, 2.75) is 19.8 Å². The van der Waals surface area contributed by atoms with E-state index in [4.69, 9.17) is 5.73 Å². The Hall–Kier alpha value is -2.17. The minimum atomic E-state index is -0.315. The normalized spacial score (nSPS) is 14.8. The lowest BCUT2D eigenvalue weighted by Crippen LogP contribution is -2.21. The number of aryl methyl sites for hydroxylation is 1. The first-order valence-electron chi connectivity index (χ1n) is 6.81. The molecule has 0 saturated carbocycles. The van der Waals surface area contributed by atoms with Gasteiger partial charge >= 0.3 is 0 Å². The first kappa shape index (κ1) is 12.8. The summed E-state index contributed by atoms with van der Waals surface area (Å²) >= 11 is 0. The molecule has 2 heterocycles. The first-order valence-corrected chi connectivity index (χ1v) is 6.81. The SMILES string of the molecule is Cc1nc(-c2ccccc2F)c(N)c(N2CCCC2)n1. The predicted molar refractivity (Wildman–Crippen MR) is 78.0 cm³/mol. The van der Waals surface area contributed by atoms with Gasteiger partial charge < -0.3 is 10.6 Å². The number of nitrogens with zero attached hydrogens (tertiary/aromatic N) is 3. The molecular formula is C15H17FN4. The van der Waals surface area contributed by atoms with E-state index in [9.17, 15) is 4.39 Å². The third-order valence-corrected chi connectivity index (χ3v) is 3.57. The van der Waals surface area contributed by atoms with Crippen molar-refractivity contribution in [3.05, 3.63) is 35.9 Å². The average molecular weight is 272 g/mol. The van der Waals surface area contributed by atoms with Crippen LogP contribution in [0.1, 0.15) is 18.7 Å². The quantitative estimate of drug-likeness (QED) is 0.913. The van der Waals surface area contributed by atoms with Crippen LogP contribution in [-0.2, 0) is 0 Å². The molecule has 1 aromatic heterocycles. The summed E-state index contributed by atoms with van der Waals surface area (Å²) in [4.78, 5) is 10.9. The van der Waals surface area contributed by atoms with E-state index in [1.54, 1.807) is 18.2 Å². The van der Waals surface area contributed by atoms with Crippen LogP contribution in [0, 0.1) is 12.7 Å². The van der Waals surface area contributed by atoms with E-state index in [0.717, 1.165) is 31.7 Å². The van der Waals surface area contributed by atoms with Crippen LogP contribution in [0.3, 0.4) is 0 Å². The standard InChI is InChI=1S/C15H17FN4/c1-10-18-14(11-6-2-3-7-12(11)16)13(17)15(19-10)20-8-4-5-9-20/h2-3,6-7H,4-5,8-9,17H2,1H3. The molecule has 3 rings (SSSR count). The second-order valence-corrected chi connectivity index (χ2v) is 5.03. The Morgan fingerprint density at radius 3 is 2.55 bits per heavy atom. The van der Waals surface area contributed by atoms with Crippen LogP contribution in [0.15, 0.2) is 24.3 Å². The number of aromatic nitrogens is 2. The molecule has 20 heavy (non-hydrogen) atoms. The van der Waals surface area contributed by atoms with Crippen LogP contribution in [0.5, 0.6) is 0 Å². The van der Waals surface area contributed by atoms with Crippen molar-refractivity contribution in [3.63, 3.8) is 0 Å². The third kappa shape index (κ3) is 2.19. The molecule has 1 saturated heterocycles. The van der Waals surface area contributed by atoms with Gasteiger partial charge in [-0.1, -0.05) is 12.1 Å². The Kier molecular flexibility index (Phi) is 3.26. The van der Waals surface area contributed by atoms with E-state index in [0.29, 0.717) is 22.8 Å². The molecule has 5 heteroatoms. The van der Waals surface area contributed by atoms with Crippen molar-refractivity contribution in [2.24, 2.45) is 0 Å². The van der Waals surface area contributed by atoms with Gasteiger partial charge in [0.1, 0.15) is 23.0 Å². The van der Waals surface area contributed by atoms with Gasteiger partial charge in [0.15, 0.2) is 5.82 Å². The molecule has 0 radical (unpaired) electrons. The lowest BCUT2D eigenvalue weighted by atomic mass is 10.1. The van der Waals surface area contributed by atoms with Crippen LogP contribution >= 0.6 is 0 Å². The fraction of sp³-hybridized carbons (Fsp3) is 0.333. The zero-order valence-electron chi connectivity index (χ0n) is 11.4. The largest absolute Gasteiger partial charge is 0.394 e. The predicted octanol–water partition coefficient (Wildman–Crippen LogP) is 2.77. The van der Waals surface area contributed by atoms with Crippen LogP contribution in [0.4, 0.5) is 15.9 Å². The fourth-order valence-corrected chi connectivity index (χ4v) is 2.59. The molecule has 0 spiro atoms. The molecule has 1 aromatic carbocycles. The molecular weight excluding hydrogens is 255 g/mol. The van der Waals surface area contributed by atoms with Crippen molar-refractivity contribution in [3.8, 4) is 11.3 Å². The molecule has 4 nitrogen and oxygen atoms in total. The topological polar surface area (TPSA) is 55.0 Å². The summed E-state index contributed by atoms with van der Waals surface area (Å²) in [6, 6.07) is 6.55. The Balaban J connectivity index is 2.14. The Labute approximate surface area is 117 Å². The highest BCUT2D eigenvalue weighted by Gasteiger charge is 2.21. The van der Waals surface area contributed by atoms with Crippen LogP contribution in [0.2, 0.25) is 0 Å². The van der Waals surface area contributed by atoms with Crippen molar-refractivity contribution >= 4 is 11.5 Å². The number of anilines is 2. The molecule has 1 fully saturated rings. The second kappa shape index (κ2) is 5.07. The molecule has 0 amide bonds. The number of halogens is 1. The maximum atomic E-state index is 14.0. The zero-order valence-corrected chi connectivity index (χ0v) is 11.4. The van der Waals surface area contributed by atoms with E-state index in [2.05, 4.69) is 14.9 Å². The van der Waals surface area contributed by atoms with Crippen LogP contribution in [-0.4, -0.2) is 23.1 Å². The van der Waals surface area contributed by atoms with E-state index in [1.807, 2.05) is 6.92 Å². The number of benzene rings is 1. The van der Waals surface area contributed by atoms with Crippen LogP contribution in [0.25, 0.3) is 11.3 Å². The highest BCUT2D eigenvalue weighted by Crippen LogP contribution is 2.33. The molecule has 104 valence electrons. The van der Waals surface area contributed by atoms with Gasteiger partial charge in [-0.3, -0.25) is 0 Å². The highest BCUT2D eigenvalue weighted by molar-refractivity contribution is 5.81. The van der Waals surface area contributed by atoms with Crippen molar-refractivity contribution in [2.75, 3.05) is 23.7 Å². The van der Waals surface area contributed by atoms with E-state index >= 15 is 0 Å².